The van der Waals surface area contributed by atoms with Crippen LogP contribution in [0.4, 0.5) is 18.0 Å². The molecular formula is C28H35F3N4O5. The van der Waals surface area contributed by atoms with E-state index in [1.807, 2.05) is 0 Å². The van der Waals surface area contributed by atoms with Gasteiger partial charge in [-0.1, -0.05) is 60.7 Å². The molecule has 12 heteroatoms. The number of likely N-dealkylation sites (tertiary alicyclic amines) is 1. The lowest BCUT2D eigenvalue weighted by atomic mass is 9.99. The fourth-order valence-electron chi connectivity index (χ4n) is 4.79. The minimum atomic E-state index is -4.46. The number of benzene rings is 2. The summed E-state index contributed by atoms with van der Waals surface area (Å²) in [6, 6.07) is 13.0. The van der Waals surface area contributed by atoms with E-state index in [9.17, 15) is 32.7 Å². The molecule has 5 atom stereocenters. The van der Waals surface area contributed by atoms with E-state index in [0.717, 1.165) is 5.56 Å². The molecular weight excluding hydrogens is 529 g/mol. The first kappa shape index (κ1) is 30.9. The molecule has 0 radical (unpaired) electrons. The Balaban J connectivity index is 1.73. The summed E-state index contributed by atoms with van der Waals surface area (Å²) >= 11 is 0. The van der Waals surface area contributed by atoms with Gasteiger partial charge in [-0.15, -0.1) is 0 Å². The summed E-state index contributed by atoms with van der Waals surface area (Å²) in [5.41, 5.74) is 6.71. The number of primary amides is 1. The van der Waals surface area contributed by atoms with Gasteiger partial charge in [0.05, 0.1) is 18.6 Å². The first-order valence-electron chi connectivity index (χ1n) is 13.0. The summed E-state index contributed by atoms with van der Waals surface area (Å²) < 4.78 is 46.0. The first-order valence-corrected chi connectivity index (χ1v) is 13.0. The summed E-state index contributed by atoms with van der Waals surface area (Å²) in [5.74, 6) is -1.71. The predicted octanol–water partition coefficient (Wildman–Crippen LogP) is 2.66. The Kier molecular flexibility index (Phi) is 10.9. The Morgan fingerprint density at radius 3 is 2.20 bits per heavy atom. The molecule has 1 aliphatic rings. The number of β-amino-alcohol motifs (C(OH)–C–C–N with tert-alkyl or cyclic N) is 1. The lowest BCUT2D eigenvalue weighted by Crippen LogP contribution is -2.57. The molecule has 2 aromatic rings. The number of aliphatic hydroxyl groups is 1. The summed E-state index contributed by atoms with van der Waals surface area (Å²) in [6.07, 6.45) is -7.04. The second kappa shape index (κ2) is 14.1. The number of ether oxygens (including phenoxy) is 1. The highest BCUT2D eigenvalue weighted by Crippen LogP contribution is 2.36. The summed E-state index contributed by atoms with van der Waals surface area (Å²) in [4.78, 5) is 38.5. The maximum atomic E-state index is 13.6. The summed E-state index contributed by atoms with van der Waals surface area (Å²) in [7, 11) is 0. The normalized spacial score (nSPS) is 19.8. The first-order chi connectivity index (χ1) is 18.9. The third-order valence-electron chi connectivity index (χ3n) is 6.92. The highest BCUT2D eigenvalue weighted by Gasteiger charge is 2.49. The van der Waals surface area contributed by atoms with Crippen LogP contribution in [0.5, 0.6) is 0 Å². The topological polar surface area (TPSA) is 134 Å². The van der Waals surface area contributed by atoms with E-state index in [1.54, 1.807) is 67.6 Å². The Labute approximate surface area is 230 Å². The largest absolute Gasteiger partial charge is 0.445 e. The van der Waals surface area contributed by atoms with Crippen LogP contribution < -0.4 is 16.4 Å². The number of hydrogen-bond donors (Lipinski definition) is 4. The quantitative estimate of drug-likeness (QED) is 0.313. The van der Waals surface area contributed by atoms with Gasteiger partial charge >= 0.3 is 12.3 Å². The van der Waals surface area contributed by atoms with Crippen LogP contribution in [-0.2, 0) is 27.4 Å². The van der Waals surface area contributed by atoms with Gasteiger partial charge in [0.25, 0.3) is 0 Å². The number of amides is 3. The Bertz CT molecular complexity index is 1120. The number of nitrogens with one attached hydrogen (secondary N) is 2. The van der Waals surface area contributed by atoms with Crippen LogP contribution in [0.3, 0.4) is 0 Å². The second-order valence-electron chi connectivity index (χ2n) is 9.98. The maximum absolute atomic E-state index is 13.6. The van der Waals surface area contributed by atoms with E-state index in [4.69, 9.17) is 10.5 Å². The van der Waals surface area contributed by atoms with Crippen LogP contribution >= 0.6 is 0 Å². The van der Waals surface area contributed by atoms with Crippen molar-refractivity contribution in [3.8, 4) is 0 Å². The van der Waals surface area contributed by atoms with Crippen molar-refractivity contribution < 1.29 is 37.4 Å². The molecule has 0 aliphatic carbocycles. The van der Waals surface area contributed by atoms with Gasteiger partial charge in [0.15, 0.2) is 0 Å². The van der Waals surface area contributed by atoms with Crippen molar-refractivity contribution in [3.05, 3.63) is 71.8 Å². The van der Waals surface area contributed by atoms with Gasteiger partial charge in [-0.3, -0.25) is 14.5 Å². The standard InChI is InChI=1S/C28H35F3N4O5/c1-18-12-13-24(28(29,30)31)35(18)16-23(36)21(14-19-8-4-2-5-9-19)33-26(38)22(15-25(32)37)34-27(39)40-17-20-10-6-3-7-11-20/h2-11,18,21-24,36H,12-17H2,1H3,(H2,32,37)(H,33,38)(H,34,39)/t18-,21+,22+,23-,24+/m1/s1. The zero-order chi connectivity index (χ0) is 29.3. The van der Waals surface area contributed by atoms with Crippen LogP contribution in [0.1, 0.15) is 37.3 Å². The minimum Gasteiger partial charge on any atom is -0.445 e. The number of rotatable bonds is 12. The number of carbonyl (C=O) groups is 3. The van der Waals surface area contributed by atoms with E-state index in [1.165, 1.54) is 4.90 Å². The predicted molar refractivity (Wildman–Crippen MR) is 141 cm³/mol. The van der Waals surface area contributed by atoms with Crippen molar-refractivity contribution in [1.29, 1.82) is 0 Å². The number of alkyl halides is 3. The molecule has 40 heavy (non-hydrogen) atoms. The van der Waals surface area contributed by atoms with Crippen molar-refractivity contribution >= 4 is 17.9 Å². The molecule has 0 spiro atoms. The Hall–Kier alpha value is -3.64. The van der Waals surface area contributed by atoms with Crippen LogP contribution in [-0.4, -0.2) is 70.9 Å². The maximum Gasteiger partial charge on any atom is 0.408 e. The molecule has 1 fully saturated rings. The molecule has 218 valence electrons. The minimum absolute atomic E-state index is 0.0806. The van der Waals surface area contributed by atoms with E-state index in [-0.39, 0.29) is 26.0 Å². The lowest BCUT2D eigenvalue weighted by molar-refractivity contribution is -0.182. The molecule has 1 aliphatic heterocycles. The Morgan fingerprint density at radius 1 is 1.02 bits per heavy atom. The molecule has 0 bridgehead atoms. The lowest BCUT2D eigenvalue weighted by Gasteiger charge is -2.34. The van der Waals surface area contributed by atoms with E-state index < -0.39 is 60.8 Å². The highest BCUT2D eigenvalue weighted by atomic mass is 19.4. The van der Waals surface area contributed by atoms with Gasteiger partial charge in [0.1, 0.15) is 18.7 Å². The zero-order valence-corrected chi connectivity index (χ0v) is 22.1. The van der Waals surface area contributed by atoms with Crippen LogP contribution in [0.2, 0.25) is 0 Å². The van der Waals surface area contributed by atoms with E-state index in [0.29, 0.717) is 12.0 Å². The van der Waals surface area contributed by atoms with Gasteiger partial charge in [0, 0.05) is 12.6 Å². The van der Waals surface area contributed by atoms with Gasteiger partial charge < -0.3 is 26.2 Å². The van der Waals surface area contributed by atoms with Gasteiger partial charge in [-0.25, -0.2) is 4.79 Å². The Morgan fingerprint density at radius 2 is 1.62 bits per heavy atom. The van der Waals surface area contributed by atoms with Crippen LogP contribution in [0.25, 0.3) is 0 Å². The highest BCUT2D eigenvalue weighted by molar-refractivity contribution is 5.90. The molecule has 3 amide bonds. The third kappa shape index (κ3) is 9.23. The fourth-order valence-corrected chi connectivity index (χ4v) is 4.79. The average molecular weight is 565 g/mol. The van der Waals surface area contributed by atoms with Crippen LogP contribution in [0, 0.1) is 0 Å². The molecule has 0 unspecified atom stereocenters. The molecule has 1 heterocycles. The number of hydrogen-bond acceptors (Lipinski definition) is 6. The van der Waals surface area contributed by atoms with E-state index in [2.05, 4.69) is 10.6 Å². The molecule has 0 aromatic heterocycles. The van der Waals surface area contributed by atoms with Crippen molar-refractivity contribution in [2.24, 2.45) is 5.73 Å². The zero-order valence-electron chi connectivity index (χ0n) is 22.1. The molecule has 9 nitrogen and oxygen atoms in total. The monoisotopic (exact) mass is 564 g/mol. The molecule has 1 saturated heterocycles. The molecule has 0 saturated carbocycles. The van der Waals surface area contributed by atoms with Crippen molar-refractivity contribution in [2.75, 3.05) is 6.54 Å². The van der Waals surface area contributed by atoms with Crippen LogP contribution in [0.15, 0.2) is 60.7 Å². The van der Waals surface area contributed by atoms with Crippen molar-refractivity contribution in [2.45, 2.75) is 75.7 Å². The number of alkyl carbamates (subject to hydrolysis) is 1. The second-order valence-corrected chi connectivity index (χ2v) is 9.98. The summed E-state index contributed by atoms with van der Waals surface area (Å²) in [6.45, 7) is 1.24. The number of nitrogens with zero attached hydrogens (tertiary/aromatic N) is 1. The number of nitrogens with two attached hydrogens (primary N) is 1. The summed E-state index contributed by atoms with van der Waals surface area (Å²) in [5, 5.41) is 16.0. The number of carbonyl (C=O) groups excluding carboxylic acids is 3. The van der Waals surface area contributed by atoms with Crippen molar-refractivity contribution in [3.63, 3.8) is 0 Å². The van der Waals surface area contributed by atoms with E-state index >= 15 is 0 Å². The van der Waals surface area contributed by atoms with Gasteiger partial charge in [0.2, 0.25) is 11.8 Å². The van der Waals surface area contributed by atoms with Gasteiger partial charge in [-0.2, -0.15) is 13.2 Å². The molecule has 5 N–H and O–H groups in total. The number of halogens is 3. The third-order valence-corrected chi connectivity index (χ3v) is 6.92. The average Bonchev–Trinajstić information content (AvgIpc) is 3.28. The smallest absolute Gasteiger partial charge is 0.408 e. The van der Waals surface area contributed by atoms with Gasteiger partial charge in [-0.05, 0) is 37.3 Å². The molecule has 3 rings (SSSR count). The van der Waals surface area contributed by atoms with Crippen molar-refractivity contribution in [1.82, 2.24) is 15.5 Å². The number of aliphatic hydroxyl groups excluding tert-OH is 1. The molecule has 2 aromatic carbocycles. The SMILES string of the molecule is C[C@@H]1CC[C@@H](C(F)(F)F)N1C[C@@H](O)[C@H](Cc1ccccc1)NC(=O)[C@H](CC(N)=O)NC(=O)OCc1ccccc1. The fraction of sp³-hybridized carbons (Fsp3) is 0.464.